The predicted octanol–water partition coefficient (Wildman–Crippen LogP) is 8.50. The second-order valence-corrected chi connectivity index (χ2v) is 11.3. The van der Waals surface area contributed by atoms with Gasteiger partial charge < -0.3 is 19.9 Å². The number of ether oxygens (including phenoxy) is 1. The van der Waals surface area contributed by atoms with Crippen LogP contribution in [0.4, 0.5) is 11.4 Å². The third-order valence-electron chi connectivity index (χ3n) is 8.61. The Morgan fingerprint density at radius 2 is 1.57 bits per heavy atom. The van der Waals surface area contributed by atoms with Crippen LogP contribution in [-0.2, 0) is 9.53 Å². The Balaban J connectivity index is 1.79. The molecule has 0 heterocycles. The zero-order valence-corrected chi connectivity index (χ0v) is 26.2. The standard InChI is InChI=1S/C37H47N3O2/c1-8-39(9-2)29-18-16-28(17-19-29)35(37(7)24-22-30(23-25-37)40(10-3)11-4)33-20-21-34(32-15-13-12-14-31(32)33)38-26-42-36(41)27(5)6/h12-24,35,38H,5,8-11,25-26H2,1-4,6-7H3. The van der Waals surface area contributed by atoms with Gasteiger partial charge in [0.2, 0.25) is 0 Å². The molecular formula is C37H47N3O2. The van der Waals surface area contributed by atoms with E-state index in [4.69, 9.17) is 4.74 Å². The number of hydrogen-bond acceptors (Lipinski definition) is 5. The fourth-order valence-corrected chi connectivity index (χ4v) is 6.19. The van der Waals surface area contributed by atoms with Crippen LogP contribution < -0.4 is 10.2 Å². The average Bonchev–Trinajstić information content (AvgIpc) is 3.01. The second-order valence-electron chi connectivity index (χ2n) is 11.3. The minimum Gasteiger partial charge on any atom is -0.441 e. The molecule has 0 aliphatic heterocycles. The molecular weight excluding hydrogens is 518 g/mol. The number of anilines is 2. The normalized spacial score (nSPS) is 17.0. The Kier molecular flexibility index (Phi) is 10.2. The van der Waals surface area contributed by atoms with E-state index in [2.05, 4.69) is 135 Å². The molecule has 1 N–H and O–H groups in total. The minimum atomic E-state index is -0.397. The summed E-state index contributed by atoms with van der Waals surface area (Å²) in [6.07, 6.45) is 8.12. The molecule has 222 valence electrons. The molecule has 5 heteroatoms. The molecule has 0 aromatic heterocycles. The SMILES string of the molecule is C=C(C)C(=O)OCNc1ccc(C(c2ccc(N(CC)CC)cc2)C2(C)C=CC(N(CC)CC)=CC2)c2ccccc12. The van der Waals surface area contributed by atoms with Crippen LogP contribution in [0.2, 0.25) is 0 Å². The molecule has 5 nitrogen and oxygen atoms in total. The summed E-state index contributed by atoms with van der Waals surface area (Å²) >= 11 is 0. The van der Waals surface area contributed by atoms with Crippen molar-refractivity contribution in [3.8, 4) is 0 Å². The summed E-state index contributed by atoms with van der Waals surface area (Å²) in [5.74, 6) is -0.264. The Labute approximate surface area is 252 Å². The van der Waals surface area contributed by atoms with Crippen molar-refractivity contribution in [2.45, 2.75) is 53.9 Å². The number of rotatable bonds is 13. The lowest BCUT2D eigenvalue weighted by Crippen LogP contribution is -2.29. The largest absolute Gasteiger partial charge is 0.441 e. The molecule has 4 rings (SSSR count). The van der Waals surface area contributed by atoms with Crippen molar-refractivity contribution in [3.63, 3.8) is 0 Å². The number of hydrogen-bond donors (Lipinski definition) is 1. The molecule has 0 bridgehead atoms. The van der Waals surface area contributed by atoms with Gasteiger partial charge in [-0.15, -0.1) is 0 Å². The molecule has 2 unspecified atom stereocenters. The van der Waals surface area contributed by atoms with E-state index in [1.165, 1.54) is 27.9 Å². The van der Waals surface area contributed by atoms with Crippen molar-refractivity contribution in [2.24, 2.45) is 5.41 Å². The first-order chi connectivity index (χ1) is 20.3. The van der Waals surface area contributed by atoms with Crippen LogP contribution in [0.25, 0.3) is 10.8 Å². The van der Waals surface area contributed by atoms with Gasteiger partial charge >= 0.3 is 5.97 Å². The van der Waals surface area contributed by atoms with Gasteiger partial charge in [-0.2, -0.15) is 0 Å². The summed E-state index contributed by atoms with van der Waals surface area (Å²) in [5.41, 5.74) is 6.36. The van der Waals surface area contributed by atoms with Gasteiger partial charge in [0, 0.05) is 65.5 Å². The molecule has 0 saturated carbocycles. The minimum absolute atomic E-state index is 0.0880. The highest BCUT2D eigenvalue weighted by atomic mass is 16.5. The zero-order valence-electron chi connectivity index (χ0n) is 26.2. The maximum absolute atomic E-state index is 11.9. The maximum Gasteiger partial charge on any atom is 0.334 e. The van der Waals surface area contributed by atoms with Crippen LogP contribution in [0.15, 0.2) is 96.7 Å². The van der Waals surface area contributed by atoms with Crippen molar-refractivity contribution in [3.05, 3.63) is 108 Å². The number of esters is 1. The molecule has 1 aliphatic rings. The second kappa shape index (κ2) is 13.8. The van der Waals surface area contributed by atoms with Gasteiger partial charge in [-0.25, -0.2) is 4.79 Å². The lowest BCUT2D eigenvalue weighted by molar-refractivity contribution is -0.138. The van der Waals surface area contributed by atoms with E-state index >= 15 is 0 Å². The van der Waals surface area contributed by atoms with Crippen molar-refractivity contribution < 1.29 is 9.53 Å². The van der Waals surface area contributed by atoms with Gasteiger partial charge in [0.15, 0.2) is 6.73 Å². The Morgan fingerprint density at radius 1 is 0.929 bits per heavy atom. The van der Waals surface area contributed by atoms with Crippen molar-refractivity contribution >= 4 is 28.1 Å². The number of likely N-dealkylation sites (N-methyl/N-ethyl adjacent to an activating group) is 1. The smallest absolute Gasteiger partial charge is 0.334 e. The molecule has 0 spiro atoms. The van der Waals surface area contributed by atoms with E-state index in [0.29, 0.717) is 5.57 Å². The van der Waals surface area contributed by atoms with E-state index in [1.54, 1.807) is 6.92 Å². The first-order valence-electron chi connectivity index (χ1n) is 15.3. The summed E-state index contributed by atoms with van der Waals surface area (Å²) < 4.78 is 5.34. The summed E-state index contributed by atoms with van der Waals surface area (Å²) in [7, 11) is 0. The fraction of sp³-hybridized carbons (Fsp3) is 0.378. The number of nitrogens with zero attached hydrogens (tertiary/aromatic N) is 2. The van der Waals surface area contributed by atoms with E-state index in [0.717, 1.165) is 43.7 Å². The van der Waals surface area contributed by atoms with Crippen LogP contribution in [0, 0.1) is 5.41 Å². The highest BCUT2D eigenvalue weighted by Gasteiger charge is 2.36. The monoisotopic (exact) mass is 565 g/mol. The molecule has 3 aromatic carbocycles. The first-order valence-corrected chi connectivity index (χ1v) is 15.3. The summed E-state index contributed by atoms with van der Waals surface area (Å²) in [5, 5.41) is 5.61. The fourth-order valence-electron chi connectivity index (χ4n) is 6.19. The van der Waals surface area contributed by atoms with Crippen molar-refractivity contribution in [2.75, 3.05) is 43.1 Å². The van der Waals surface area contributed by atoms with Gasteiger partial charge in [-0.05, 0) is 81.8 Å². The van der Waals surface area contributed by atoms with Crippen LogP contribution in [-0.4, -0.2) is 43.8 Å². The molecule has 0 saturated heterocycles. The zero-order chi connectivity index (χ0) is 30.3. The highest BCUT2D eigenvalue weighted by molar-refractivity contribution is 5.97. The molecule has 42 heavy (non-hydrogen) atoms. The number of benzene rings is 3. The Morgan fingerprint density at radius 3 is 2.14 bits per heavy atom. The number of fused-ring (bicyclic) bond motifs is 1. The Hall–Kier alpha value is -3.99. The van der Waals surface area contributed by atoms with Gasteiger partial charge in [0.1, 0.15) is 0 Å². The van der Waals surface area contributed by atoms with Crippen LogP contribution >= 0.6 is 0 Å². The van der Waals surface area contributed by atoms with Crippen LogP contribution in [0.3, 0.4) is 0 Å². The topological polar surface area (TPSA) is 44.8 Å². The molecule has 2 atom stereocenters. The van der Waals surface area contributed by atoms with Gasteiger partial charge in [-0.1, -0.05) is 68.1 Å². The van der Waals surface area contributed by atoms with E-state index < -0.39 is 5.97 Å². The summed E-state index contributed by atoms with van der Waals surface area (Å²) in [4.78, 5) is 16.7. The van der Waals surface area contributed by atoms with Crippen LogP contribution in [0.5, 0.6) is 0 Å². The number of carbonyl (C=O) groups excluding carboxylic acids is 1. The van der Waals surface area contributed by atoms with Gasteiger partial charge in [0.05, 0.1) is 0 Å². The quantitative estimate of drug-likeness (QED) is 0.128. The molecule has 3 aromatic rings. The summed E-state index contributed by atoms with van der Waals surface area (Å²) in [6, 6.07) is 22.1. The third kappa shape index (κ3) is 6.56. The molecule has 1 aliphatic carbocycles. The molecule has 0 radical (unpaired) electrons. The number of allylic oxidation sites excluding steroid dienone is 3. The number of carbonyl (C=O) groups is 1. The first kappa shape index (κ1) is 31.0. The van der Waals surface area contributed by atoms with Crippen molar-refractivity contribution in [1.29, 1.82) is 0 Å². The van der Waals surface area contributed by atoms with Gasteiger partial charge in [0.25, 0.3) is 0 Å². The highest BCUT2D eigenvalue weighted by Crippen LogP contribution is 2.49. The third-order valence-corrected chi connectivity index (χ3v) is 8.61. The lowest BCUT2D eigenvalue weighted by atomic mass is 9.66. The Bertz CT molecular complexity index is 1450. The maximum atomic E-state index is 11.9. The number of nitrogens with one attached hydrogen (secondary N) is 1. The van der Waals surface area contributed by atoms with E-state index in [9.17, 15) is 4.79 Å². The van der Waals surface area contributed by atoms with Crippen LogP contribution in [0.1, 0.15) is 65.0 Å². The van der Waals surface area contributed by atoms with Gasteiger partial charge in [-0.3, -0.25) is 0 Å². The molecule has 0 fully saturated rings. The van der Waals surface area contributed by atoms with E-state index in [-0.39, 0.29) is 18.1 Å². The average molecular weight is 566 g/mol. The summed E-state index contributed by atoms with van der Waals surface area (Å²) in [6.45, 7) is 20.6. The lowest BCUT2D eigenvalue weighted by Gasteiger charge is -2.39. The molecule has 0 amide bonds. The van der Waals surface area contributed by atoms with Crippen molar-refractivity contribution in [1.82, 2.24) is 4.90 Å². The van der Waals surface area contributed by atoms with E-state index in [1.807, 2.05) is 0 Å². The predicted molar refractivity (Wildman–Crippen MR) is 178 cm³/mol.